The Balaban J connectivity index is 1.64. The summed E-state index contributed by atoms with van der Waals surface area (Å²) in [5.74, 6) is 0.885. The molecule has 2 N–H and O–H groups in total. The van der Waals surface area contributed by atoms with E-state index in [0.29, 0.717) is 0 Å². The predicted octanol–water partition coefficient (Wildman–Crippen LogP) is 1.05. The molecule has 0 spiro atoms. The Morgan fingerprint density at radius 1 is 1.29 bits per heavy atom. The zero-order chi connectivity index (χ0) is 14.9. The van der Waals surface area contributed by atoms with Crippen LogP contribution in [-0.2, 0) is 6.54 Å². The van der Waals surface area contributed by atoms with Gasteiger partial charge in [-0.2, -0.15) is 0 Å². The van der Waals surface area contributed by atoms with Crippen molar-refractivity contribution in [2.75, 3.05) is 53.4 Å². The van der Waals surface area contributed by atoms with Crippen molar-refractivity contribution in [1.82, 2.24) is 20.4 Å². The molecule has 1 aromatic rings. The number of nitrogens with zero attached hydrogens (tertiary/aromatic N) is 3. The summed E-state index contributed by atoms with van der Waals surface area (Å²) >= 11 is 1.77. The van der Waals surface area contributed by atoms with Crippen LogP contribution in [-0.4, -0.2) is 69.1 Å². The Labute approximate surface area is 132 Å². The Bertz CT molecular complexity index is 418. The third-order valence-electron chi connectivity index (χ3n) is 3.77. The number of hydrogen-bond acceptors (Lipinski definition) is 4. The van der Waals surface area contributed by atoms with Crippen molar-refractivity contribution in [1.29, 1.82) is 0 Å². The molecule has 0 atom stereocenters. The van der Waals surface area contributed by atoms with Crippen LogP contribution in [0.25, 0.3) is 0 Å². The topological polar surface area (TPSA) is 42.9 Å². The normalized spacial score (nSPS) is 18.5. The summed E-state index contributed by atoms with van der Waals surface area (Å²) in [6.45, 7) is 7.61. The standard InChI is InChI=1S/C15H27N5S/c1-16-15(18-13-14-5-3-12-21-14)17-6-9-20-8-4-7-19(2)10-11-20/h3,5,12H,4,6-11,13H2,1-2H3,(H2,16,17,18). The predicted molar refractivity (Wildman–Crippen MR) is 91.1 cm³/mol. The number of nitrogens with one attached hydrogen (secondary N) is 2. The number of thiophene rings is 1. The lowest BCUT2D eigenvalue weighted by molar-refractivity contribution is 0.280. The molecule has 0 aliphatic carbocycles. The molecule has 5 nitrogen and oxygen atoms in total. The van der Waals surface area contributed by atoms with Crippen LogP contribution < -0.4 is 10.6 Å². The molecule has 0 aromatic carbocycles. The third kappa shape index (κ3) is 6.03. The van der Waals surface area contributed by atoms with Gasteiger partial charge in [-0.3, -0.25) is 4.99 Å². The summed E-state index contributed by atoms with van der Waals surface area (Å²) < 4.78 is 0. The highest BCUT2D eigenvalue weighted by Gasteiger charge is 2.11. The van der Waals surface area contributed by atoms with Crippen LogP contribution in [0.5, 0.6) is 0 Å². The molecule has 2 rings (SSSR count). The molecular weight excluding hydrogens is 282 g/mol. The highest BCUT2D eigenvalue weighted by atomic mass is 32.1. The van der Waals surface area contributed by atoms with E-state index in [2.05, 4.69) is 50.0 Å². The molecule has 6 heteroatoms. The van der Waals surface area contributed by atoms with E-state index in [-0.39, 0.29) is 0 Å². The molecule has 0 bridgehead atoms. The highest BCUT2D eigenvalue weighted by molar-refractivity contribution is 7.09. The minimum atomic E-state index is 0.839. The van der Waals surface area contributed by atoms with Gasteiger partial charge in [0.25, 0.3) is 0 Å². The maximum Gasteiger partial charge on any atom is 0.191 e. The lowest BCUT2D eigenvalue weighted by Gasteiger charge is -2.21. The number of hydrogen-bond donors (Lipinski definition) is 2. The van der Waals surface area contributed by atoms with Crippen molar-refractivity contribution in [2.24, 2.45) is 4.99 Å². The second-order valence-corrected chi connectivity index (χ2v) is 6.46. The van der Waals surface area contributed by atoms with E-state index in [1.165, 1.54) is 37.5 Å². The fraction of sp³-hybridized carbons (Fsp3) is 0.667. The van der Waals surface area contributed by atoms with Gasteiger partial charge in [-0.1, -0.05) is 6.07 Å². The van der Waals surface area contributed by atoms with Gasteiger partial charge in [0.2, 0.25) is 0 Å². The molecule has 0 amide bonds. The van der Waals surface area contributed by atoms with E-state index in [1.807, 2.05) is 7.05 Å². The highest BCUT2D eigenvalue weighted by Crippen LogP contribution is 2.07. The molecule has 1 saturated heterocycles. The molecule has 21 heavy (non-hydrogen) atoms. The van der Waals surface area contributed by atoms with Crippen LogP contribution in [0.15, 0.2) is 22.5 Å². The van der Waals surface area contributed by atoms with Crippen LogP contribution in [0.4, 0.5) is 0 Å². The van der Waals surface area contributed by atoms with Crippen molar-refractivity contribution < 1.29 is 0 Å². The number of aliphatic imine (C=N–C) groups is 1. The molecular formula is C15H27N5S. The third-order valence-corrected chi connectivity index (χ3v) is 4.64. The Hall–Kier alpha value is -1.11. The molecule has 0 unspecified atom stereocenters. The van der Waals surface area contributed by atoms with Gasteiger partial charge in [0, 0.05) is 38.1 Å². The molecule has 1 aliphatic rings. The summed E-state index contributed by atoms with van der Waals surface area (Å²) in [6, 6.07) is 4.22. The van der Waals surface area contributed by atoms with Crippen molar-refractivity contribution in [2.45, 2.75) is 13.0 Å². The second kappa shape index (κ2) is 9.02. The van der Waals surface area contributed by atoms with Crippen LogP contribution in [0.3, 0.4) is 0 Å². The van der Waals surface area contributed by atoms with Gasteiger partial charge in [0.05, 0.1) is 6.54 Å². The van der Waals surface area contributed by atoms with Crippen molar-refractivity contribution >= 4 is 17.3 Å². The quantitative estimate of drug-likeness (QED) is 0.630. The monoisotopic (exact) mass is 309 g/mol. The van der Waals surface area contributed by atoms with Crippen LogP contribution in [0.1, 0.15) is 11.3 Å². The van der Waals surface area contributed by atoms with E-state index in [1.54, 1.807) is 11.3 Å². The Morgan fingerprint density at radius 3 is 2.95 bits per heavy atom. The molecule has 1 fully saturated rings. The average Bonchev–Trinajstić information content (AvgIpc) is 2.92. The Kier molecular flexibility index (Phi) is 6.99. The Morgan fingerprint density at radius 2 is 2.19 bits per heavy atom. The van der Waals surface area contributed by atoms with E-state index < -0.39 is 0 Å². The number of likely N-dealkylation sites (N-methyl/N-ethyl adjacent to an activating group) is 1. The molecule has 2 heterocycles. The molecule has 118 valence electrons. The van der Waals surface area contributed by atoms with Crippen LogP contribution in [0.2, 0.25) is 0 Å². The van der Waals surface area contributed by atoms with Gasteiger partial charge in [0.15, 0.2) is 5.96 Å². The molecule has 0 radical (unpaired) electrons. The molecule has 1 aliphatic heterocycles. The summed E-state index contributed by atoms with van der Waals surface area (Å²) in [4.78, 5) is 10.5. The lowest BCUT2D eigenvalue weighted by Crippen LogP contribution is -2.41. The molecule has 1 aromatic heterocycles. The van der Waals surface area contributed by atoms with E-state index >= 15 is 0 Å². The first-order chi connectivity index (χ1) is 10.3. The van der Waals surface area contributed by atoms with Crippen LogP contribution in [0, 0.1) is 0 Å². The zero-order valence-corrected chi connectivity index (χ0v) is 14.0. The van der Waals surface area contributed by atoms with Crippen molar-refractivity contribution in [3.05, 3.63) is 22.4 Å². The van der Waals surface area contributed by atoms with Gasteiger partial charge in [-0.25, -0.2) is 0 Å². The van der Waals surface area contributed by atoms with Gasteiger partial charge in [-0.15, -0.1) is 11.3 Å². The summed E-state index contributed by atoms with van der Waals surface area (Å²) in [6.07, 6.45) is 1.27. The fourth-order valence-electron chi connectivity index (χ4n) is 2.46. The first-order valence-electron chi connectivity index (χ1n) is 7.66. The van der Waals surface area contributed by atoms with Crippen molar-refractivity contribution in [3.63, 3.8) is 0 Å². The van der Waals surface area contributed by atoms with Gasteiger partial charge < -0.3 is 20.4 Å². The number of guanidine groups is 1. The maximum absolute atomic E-state index is 4.27. The summed E-state index contributed by atoms with van der Waals surface area (Å²) in [7, 11) is 4.03. The first-order valence-corrected chi connectivity index (χ1v) is 8.53. The smallest absolute Gasteiger partial charge is 0.191 e. The second-order valence-electron chi connectivity index (χ2n) is 5.43. The van der Waals surface area contributed by atoms with Gasteiger partial charge >= 0.3 is 0 Å². The van der Waals surface area contributed by atoms with Gasteiger partial charge in [-0.05, 0) is 38.0 Å². The van der Waals surface area contributed by atoms with Crippen molar-refractivity contribution in [3.8, 4) is 0 Å². The SMILES string of the molecule is CN=C(NCCN1CCCN(C)CC1)NCc1cccs1. The van der Waals surface area contributed by atoms with Crippen LogP contribution >= 0.6 is 11.3 Å². The lowest BCUT2D eigenvalue weighted by atomic mass is 10.4. The fourth-order valence-corrected chi connectivity index (χ4v) is 3.11. The average molecular weight is 309 g/mol. The van der Waals surface area contributed by atoms with Gasteiger partial charge in [0.1, 0.15) is 0 Å². The van der Waals surface area contributed by atoms with E-state index in [9.17, 15) is 0 Å². The minimum absolute atomic E-state index is 0.839. The van der Waals surface area contributed by atoms with E-state index in [0.717, 1.165) is 25.6 Å². The summed E-state index contributed by atoms with van der Waals surface area (Å²) in [5.41, 5.74) is 0. The maximum atomic E-state index is 4.27. The molecule has 0 saturated carbocycles. The minimum Gasteiger partial charge on any atom is -0.355 e. The zero-order valence-electron chi connectivity index (χ0n) is 13.1. The largest absolute Gasteiger partial charge is 0.355 e. The summed E-state index contributed by atoms with van der Waals surface area (Å²) in [5, 5.41) is 8.85. The number of rotatable bonds is 5. The van der Waals surface area contributed by atoms with E-state index in [4.69, 9.17) is 0 Å². The first kappa shape index (κ1) is 16.3.